The van der Waals surface area contributed by atoms with Crippen LogP contribution in [0, 0.1) is 0 Å². The van der Waals surface area contributed by atoms with Crippen molar-refractivity contribution in [2.45, 2.75) is 58.2 Å². The van der Waals surface area contributed by atoms with Crippen LogP contribution in [0.4, 0.5) is 4.79 Å². The molecule has 0 spiro atoms. The van der Waals surface area contributed by atoms with E-state index in [0.29, 0.717) is 5.56 Å². The van der Waals surface area contributed by atoms with E-state index in [1.165, 1.54) is 12.1 Å². The van der Waals surface area contributed by atoms with Crippen LogP contribution in [0.5, 0.6) is 5.75 Å². The van der Waals surface area contributed by atoms with Crippen molar-refractivity contribution in [3.63, 3.8) is 0 Å². The minimum atomic E-state index is -1.27. The monoisotopic (exact) mass is 472 g/mol. The fourth-order valence-corrected chi connectivity index (χ4v) is 3.16. The number of carbonyl (C=O) groups excluding carboxylic acids is 2. The molecule has 184 valence electrons. The summed E-state index contributed by atoms with van der Waals surface area (Å²) in [5.41, 5.74) is 3.16. The van der Waals surface area contributed by atoms with Gasteiger partial charge in [-0.25, -0.2) is 20.0 Å². The molecule has 0 aliphatic rings. The summed E-state index contributed by atoms with van der Waals surface area (Å²) in [6.07, 6.45) is -0.841. The predicted octanol–water partition coefficient (Wildman–Crippen LogP) is 3.30. The van der Waals surface area contributed by atoms with E-state index >= 15 is 0 Å². The summed E-state index contributed by atoms with van der Waals surface area (Å²) in [6.45, 7) is 6.75. The topological polar surface area (TPSA) is 125 Å². The van der Waals surface area contributed by atoms with Gasteiger partial charge in [-0.3, -0.25) is 4.79 Å². The molecule has 0 saturated carbocycles. The van der Waals surface area contributed by atoms with Crippen molar-refractivity contribution in [3.8, 4) is 5.75 Å². The van der Waals surface area contributed by atoms with E-state index in [1.54, 1.807) is 64.1 Å². The molecule has 2 rings (SSSR count). The molecule has 1 amide bonds. The molecule has 2 aromatic carbocycles. The van der Waals surface area contributed by atoms with Crippen LogP contribution in [0.2, 0.25) is 0 Å². The lowest BCUT2D eigenvalue weighted by atomic mass is 10.0. The second-order valence-corrected chi connectivity index (χ2v) is 8.70. The van der Waals surface area contributed by atoms with Gasteiger partial charge in [0.1, 0.15) is 17.4 Å². The molecule has 0 aliphatic heterocycles. The zero-order chi connectivity index (χ0) is 25.3. The maximum absolute atomic E-state index is 13.2. The number of aliphatic carboxylic acids is 1. The lowest BCUT2D eigenvalue weighted by molar-refractivity contribution is -0.153. The third-order valence-electron chi connectivity index (χ3n) is 4.70. The number of hydrogen-bond donors (Lipinski definition) is 3. The fourth-order valence-electron chi connectivity index (χ4n) is 3.16. The highest BCUT2D eigenvalue weighted by atomic mass is 16.6. The number of carboxylic acids is 1. The molecule has 0 unspecified atom stereocenters. The number of carboxylic acid groups (broad SMARTS) is 1. The van der Waals surface area contributed by atoms with Crippen molar-refractivity contribution in [2.24, 2.45) is 0 Å². The van der Waals surface area contributed by atoms with Crippen molar-refractivity contribution in [3.05, 3.63) is 65.7 Å². The van der Waals surface area contributed by atoms with Crippen molar-refractivity contribution >= 4 is 18.0 Å². The molecule has 0 radical (unpaired) electrons. The van der Waals surface area contributed by atoms with Gasteiger partial charge in [0, 0.05) is 12.8 Å². The van der Waals surface area contributed by atoms with Gasteiger partial charge in [-0.1, -0.05) is 42.5 Å². The average Bonchev–Trinajstić information content (AvgIpc) is 2.76. The molecule has 9 heteroatoms. The van der Waals surface area contributed by atoms with Crippen LogP contribution in [0.3, 0.4) is 0 Å². The molecule has 2 atom stereocenters. The molecule has 0 fully saturated rings. The third-order valence-corrected chi connectivity index (χ3v) is 4.70. The quantitative estimate of drug-likeness (QED) is 0.355. The SMILES string of the molecule is CCOC(=O)[C@H](Cc1ccccc1)N(N[C@@H](Cc1ccc(O)cc1)C(=O)O)C(=O)OC(C)(C)C. The highest BCUT2D eigenvalue weighted by Crippen LogP contribution is 2.17. The minimum Gasteiger partial charge on any atom is -0.508 e. The van der Waals surface area contributed by atoms with Gasteiger partial charge in [-0.15, -0.1) is 0 Å². The lowest BCUT2D eigenvalue weighted by Gasteiger charge is -2.34. The number of hydrogen-bond acceptors (Lipinski definition) is 7. The first-order valence-electron chi connectivity index (χ1n) is 11.0. The molecule has 0 aliphatic carbocycles. The van der Waals surface area contributed by atoms with Gasteiger partial charge in [0.15, 0.2) is 6.04 Å². The number of nitrogens with one attached hydrogen (secondary N) is 1. The largest absolute Gasteiger partial charge is 0.508 e. The summed E-state index contributed by atoms with van der Waals surface area (Å²) in [5, 5.41) is 20.3. The number of rotatable bonds is 10. The Bertz CT molecular complexity index is 955. The number of hydrazine groups is 1. The predicted molar refractivity (Wildman–Crippen MR) is 125 cm³/mol. The average molecular weight is 473 g/mol. The fraction of sp³-hybridized carbons (Fsp3) is 0.400. The van der Waals surface area contributed by atoms with Crippen molar-refractivity contribution in [1.82, 2.24) is 10.4 Å². The van der Waals surface area contributed by atoms with Crippen molar-refractivity contribution in [2.75, 3.05) is 6.61 Å². The summed E-state index contributed by atoms with van der Waals surface area (Å²) in [4.78, 5) is 38.2. The van der Waals surface area contributed by atoms with E-state index < -0.39 is 35.7 Å². The summed E-state index contributed by atoms with van der Waals surface area (Å²) in [6, 6.07) is 12.6. The van der Waals surface area contributed by atoms with Gasteiger partial charge in [0.25, 0.3) is 0 Å². The molecule has 0 aromatic heterocycles. The number of carbonyl (C=O) groups is 3. The number of aromatic hydroxyl groups is 1. The van der Waals surface area contributed by atoms with Crippen LogP contribution in [0.25, 0.3) is 0 Å². The highest BCUT2D eigenvalue weighted by Gasteiger charge is 2.37. The van der Waals surface area contributed by atoms with Crippen LogP contribution < -0.4 is 5.43 Å². The van der Waals surface area contributed by atoms with Gasteiger partial charge < -0.3 is 19.7 Å². The number of ether oxygens (including phenoxy) is 2. The molecule has 0 saturated heterocycles. The van der Waals surface area contributed by atoms with E-state index in [0.717, 1.165) is 10.6 Å². The van der Waals surface area contributed by atoms with E-state index in [4.69, 9.17) is 9.47 Å². The Labute approximate surface area is 199 Å². The van der Waals surface area contributed by atoms with E-state index in [-0.39, 0.29) is 25.2 Å². The first kappa shape index (κ1) is 26.7. The van der Waals surface area contributed by atoms with Crippen LogP contribution in [-0.2, 0) is 31.9 Å². The molecular formula is C25H32N2O7. The van der Waals surface area contributed by atoms with Crippen LogP contribution in [0.1, 0.15) is 38.8 Å². The number of esters is 1. The second kappa shape index (κ2) is 12.0. The molecule has 2 aromatic rings. The zero-order valence-corrected chi connectivity index (χ0v) is 19.9. The molecule has 3 N–H and O–H groups in total. The number of benzene rings is 2. The van der Waals surface area contributed by atoms with Gasteiger partial charge in [0.05, 0.1) is 6.61 Å². The molecule has 9 nitrogen and oxygen atoms in total. The van der Waals surface area contributed by atoms with E-state index in [2.05, 4.69) is 5.43 Å². The summed E-state index contributed by atoms with van der Waals surface area (Å²) < 4.78 is 10.7. The number of phenolic OH excluding ortho intramolecular Hbond substituents is 1. The maximum Gasteiger partial charge on any atom is 0.425 e. The number of amides is 1. The van der Waals surface area contributed by atoms with Crippen molar-refractivity contribution < 1.29 is 34.1 Å². The molecule has 34 heavy (non-hydrogen) atoms. The Kier molecular flexibility index (Phi) is 9.44. The van der Waals surface area contributed by atoms with Crippen LogP contribution in [-0.4, -0.2) is 57.5 Å². The van der Waals surface area contributed by atoms with E-state index in [1.807, 2.05) is 6.07 Å². The Morgan fingerprint density at radius 2 is 1.56 bits per heavy atom. The normalized spacial score (nSPS) is 12.9. The number of nitrogens with zero attached hydrogens (tertiary/aromatic N) is 1. The molecule has 0 bridgehead atoms. The van der Waals surface area contributed by atoms with Gasteiger partial charge in [-0.05, 0) is 51.0 Å². The zero-order valence-electron chi connectivity index (χ0n) is 19.9. The Morgan fingerprint density at radius 1 is 0.971 bits per heavy atom. The minimum absolute atomic E-state index is 0.0181. The maximum atomic E-state index is 13.2. The first-order chi connectivity index (χ1) is 16.0. The Morgan fingerprint density at radius 3 is 2.09 bits per heavy atom. The van der Waals surface area contributed by atoms with Crippen LogP contribution in [0.15, 0.2) is 54.6 Å². The van der Waals surface area contributed by atoms with Gasteiger partial charge in [0.2, 0.25) is 0 Å². The summed E-state index contributed by atoms with van der Waals surface area (Å²) in [7, 11) is 0. The first-order valence-corrected chi connectivity index (χ1v) is 11.0. The Balaban J connectivity index is 2.42. The standard InChI is InChI=1S/C25H32N2O7/c1-5-33-23(31)21(16-17-9-7-6-8-10-17)27(24(32)34-25(2,3)4)26-20(22(29)30)15-18-11-13-19(28)14-12-18/h6-14,20-21,26,28H,5,15-16H2,1-4H3,(H,29,30)/t20-,21-/m0/s1. The van der Waals surface area contributed by atoms with Crippen molar-refractivity contribution in [1.29, 1.82) is 0 Å². The van der Waals surface area contributed by atoms with Crippen LogP contribution >= 0.6 is 0 Å². The number of phenols is 1. The molecular weight excluding hydrogens is 440 g/mol. The summed E-state index contributed by atoms with van der Waals surface area (Å²) >= 11 is 0. The second-order valence-electron chi connectivity index (χ2n) is 8.70. The Hall–Kier alpha value is -3.59. The summed E-state index contributed by atoms with van der Waals surface area (Å²) in [5.74, 6) is -1.88. The highest BCUT2D eigenvalue weighted by molar-refractivity contribution is 5.82. The van der Waals surface area contributed by atoms with Gasteiger partial charge >= 0.3 is 18.0 Å². The lowest BCUT2D eigenvalue weighted by Crippen LogP contribution is -2.60. The molecule has 0 heterocycles. The van der Waals surface area contributed by atoms with Gasteiger partial charge in [-0.2, -0.15) is 0 Å². The van der Waals surface area contributed by atoms with E-state index in [9.17, 15) is 24.6 Å². The third kappa shape index (κ3) is 8.40. The smallest absolute Gasteiger partial charge is 0.425 e.